The van der Waals surface area contributed by atoms with E-state index < -0.39 is 33.9 Å². The van der Waals surface area contributed by atoms with Crippen molar-refractivity contribution < 1.29 is 32.5 Å². The molecule has 0 bridgehead atoms. The van der Waals surface area contributed by atoms with Gasteiger partial charge in [0.2, 0.25) is 10.0 Å². The summed E-state index contributed by atoms with van der Waals surface area (Å²) >= 11 is 0. The summed E-state index contributed by atoms with van der Waals surface area (Å²) in [5, 5.41) is 14.1. The fourth-order valence-electron chi connectivity index (χ4n) is 3.96. The molecule has 0 radical (unpaired) electrons. The summed E-state index contributed by atoms with van der Waals surface area (Å²) < 4.78 is 44.8. The van der Waals surface area contributed by atoms with Crippen LogP contribution in [0.2, 0.25) is 0 Å². The zero-order valence-corrected chi connectivity index (χ0v) is 25.7. The summed E-state index contributed by atoms with van der Waals surface area (Å²) in [5.41, 5.74) is 0.106. The lowest BCUT2D eigenvalue weighted by Gasteiger charge is -2.31. The van der Waals surface area contributed by atoms with E-state index >= 15 is 0 Å². The highest BCUT2D eigenvalue weighted by molar-refractivity contribution is 7.89. The van der Waals surface area contributed by atoms with Gasteiger partial charge in [-0.25, -0.2) is 13.2 Å². The van der Waals surface area contributed by atoms with Gasteiger partial charge in [0.25, 0.3) is 0 Å². The van der Waals surface area contributed by atoms with Gasteiger partial charge in [0.05, 0.1) is 30.8 Å². The molecule has 0 aliphatic rings. The van der Waals surface area contributed by atoms with Crippen molar-refractivity contribution in [1.29, 1.82) is 0 Å². The van der Waals surface area contributed by atoms with Crippen LogP contribution in [-0.2, 0) is 21.2 Å². The highest BCUT2D eigenvalue weighted by atomic mass is 32.2. The number of nitrogens with one attached hydrogen (secondary N) is 1. The average molecular weight is 579 g/mol. The van der Waals surface area contributed by atoms with Gasteiger partial charge in [0.15, 0.2) is 0 Å². The van der Waals surface area contributed by atoms with Gasteiger partial charge in [-0.2, -0.15) is 4.31 Å². The second-order valence-electron chi connectivity index (χ2n) is 11.3. The van der Waals surface area contributed by atoms with Gasteiger partial charge in [0, 0.05) is 13.1 Å². The number of unbranched alkanes of at least 4 members (excludes halogenated alkanes) is 1. The number of carbonyl (C=O) groups is 1. The molecule has 2 N–H and O–H groups in total. The van der Waals surface area contributed by atoms with E-state index in [1.807, 2.05) is 38.1 Å². The van der Waals surface area contributed by atoms with E-state index in [1.54, 1.807) is 32.9 Å². The lowest BCUT2D eigenvalue weighted by molar-refractivity contribution is 0.0400. The van der Waals surface area contributed by atoms with Gasteiger partial charge >= 0.3 is 6.09 Å². The molecule has 2 rings (SSSR count). The molecule has 0 saturated carbocycles. The van der Waals surface area contributed by atoms with Crippen LogP contribution in [0.4, 0.5) is 4.79 Å². The normalized spacial score (nSPS) is 13.7. The number of amides is 1. The van der Waals surface area contributed by atoms with Gasteiger partial charge in [-0.1, -0.05) is 39.3 Å². The lowest BCUT2D eigenvalue weighted by Crippen LogP contribution is -2.51. The minimum atomic E-state index is -3.94. The molecule has 0 heterocycles. The Morgan fingerprint density at radius 1 is 1.00 bits per heavy atom. The fourth-order valence-corrected chi connectivity index (χ4v) is 5.58. The molecule has 0 aliphatic carbocycles. The van der Waals surface area contributed by atoms with E-state index in [0.717, 1.165) is 24.2 Å². The minimum Gasteiger partial charge on any atom is -0.497 e. The molecule has 40 heavy (non-hydrogen) atoms. The van der Waals surface area contributed by atoms with Crippen LogP contribution in [0.1, 0.15) is 59.9 Å². The minimum absolute atomic E-state index is 0.00209. The molecule has 0 fully saturated rings. The predicted molar refractivity (Wildman–Crippen MR) is 156 cm³/mol. The molecule has 0 aromatic heterocycles. The molecule has 1 amide bonds. The smallest absolute Gasteiger partial charge is 0.407 e. The Hall–Kier alpha value is -2.82. The maximum Gasteiger partial charge on any atom is 0.407 e. The third kappa shape index (κ3) is 11.0. The van der Waals surface area contributed by atoms with Crippen LogP contribution in [0.25, 0.3) is 0 Å². The largest absolute Gasteiger partial charge is 0.497 e. The van der Waals surface area contributed by atoms with Crippen LogP contribution < -0.4 is 14.8 Å². The van der Waals surface area contributed by atoms with Crippen LogP contribution >= 0.6 is 0 Å². The SMILES string of the molecule is CCCCOc1ccc(C[C@H](NC(=O)OC(C)(C)C)[C@H](O)CN(CC(C)C)S(=O)(=O)c2ccc(OC)cc2)cc1. The molecular weight excluding hydrogens is 532 g/mol. The van der Waals surface area contributed by atoms with E-state index in [4.69, 9.17) is 14.2 Å². The Labute approximate surface area is 239 Å². The monoisotopic (exact) mass is 578 g/mol. The first kappa shape index (κ1) is 33.4. The third-order valence-corrected chi connectivity index (χ3v) is 7.81. The van der Waals surface area contributed by atoms with Gasteiger partial charge < -0.3 is 24.6 Å². The van der Waals surface area contributed by atoms with Crippen molar-refractivity contribution in [2.24, 2.45) is 5.92 Å². The lowest BCUT2D eigenvalue weighted by atomic mass is 10.0. The maximum atomic E-state index is 13.6. The van der Waals surface area contributed by atoms with Crippen LogP contribution in [-0.4, -0.2) is 68.5 Å². The van der Waals surface area contributed by atoms with Crippen LogP contribution in [0, 0.1) is 5.92 Å². The highest BCUT2D eigenvalue weighted by Gasteiger charge is 2.32. The van der Waals surface area contributed by atoms with Gasteiger partial charge in [0.1, 0.15) is 17.1 Å². The zero-order chi connectivity index (χ0) is 29.9. The molecule has 224 valence electrons. The van der Waals surface area contributed by atoms with Crippen molar-refractivity contribution in [2.45, 2.75) is 83.4 Å². The molecule has 2 atom stereocenters. The molecule has 0 unspecified atom stereocenters. The number of sulfonamides is 1. The van der Waals surface area contributed by atoms with E-state index in [9.17, 15) is 18.3 Å². The topological polar surface area (TPSA) is 114 Å². The van der Waals surface area contributed by atoms with Crippen molar-refractivity contribution in [2.75, 3.05) is 26.8 Å². The van der Waals surface area contributed by atoms with E-state index in [0.29, 0.717) is 12.4 Å². The van der Waals surface area contributed by atoms with Crippen LogP contribution in [0.3, 0.4) is 0 Å². The molecule has 9 nitrogen and oxygen atoms in total. The van der Waals surface area contributed by atoms with Crippen molar-refractivity contribution in [3.05, 3.63) is 54.1 Å². The molecule has 2 aromatic carbocycles. The molecule has 0 aliphatic heterocycles. The predicted octanol–water partition coefficient (Wildman–Crippen LogP) is 5.02. The Morgan fingerprint density at radius 3 is 2.12 bits per heavy atom. The number of alkyl carbamates (subject to hydrolysis) is 1. The van der Waals surface area contributed by atoms with Gasteiger partial charge in [-0.15, -0.1) is 0 Å². The van der Waals surface area contributed by atoms with E-state index in [-0.39, 0.29) is 30.3 Å². The highest BCUT2D eigenvalue weighted by Crippen LogP contribution is 2.22. The summed E-state index contributed by atoms with van der Waals surface area (Å²) in [6.45, 7) is 11.8. The Morgan fingerprint density at radius 2 is 1.60 bits per heavy atom. The van der Waals surface area contributed by atoms with Crippen LogP contribution in [0.15, 0.2) is 53.4 Å². The van der Waals surface area contributed by atoms with Crippen LogP contribution in [0.5, 0.6) is 11.5 Å². The molecule has 10 heteroatoms. The van der Waals surface area contributed by atoms with Gasteiger partial charge in [-0.3, -0.25) is 0 Å². The molecular formula is C30H46N2O7S. The van der Waals surface area contributed by atoms with Crippen molar-refractivity contribution >= 4 is 16.1 Å². The number of hydrogen-bond donors (Lipinski definition) is 2. The Bertz CT molecular complexity index is 1140. The molecule has 0 saturated heterocycles. The fraction of sp³-hybridized carbons (Fsp3) is 0.567. The van der Waals surface area contributed by atoms with Gasteiger partial charge in [-0.05, 0) is 81.5 Å². The van der Waals surface area contributed by atoms with E-state index in [2.05, 4.69) is 12.2 Å². The average Bonchev–Trinajstić information content (AvgIpc) is 2.87. The third-order valence-electron chi connectivity index (χ3n) is 5.97. The molecule has 2 aromatic rings. The first-order chi connectivity index (χ1) is 18.7. The second kappa shape index (κ2) is 15.3. The summed E-state index contributed by atoms with van der Waals surface area (Å²) in [6.07, 6.45) is 0.343. The molecule has 0 spiro atoms. The number of aliphatic hydroxyl groups is 1. The number of ether oxygens (including phenoxy) is 3. The first-order valence-electron chi connectivity index (χ1n) is 13.8. The standard InChI is InChI=1S/C30H46N2O7S/c1-8-9-18-38-25-12-10-23(11-13-25)19-27(31-29(34)39-30(4,5)6)28(33)21-32(20-22(2)3)40(35,36)26-16-14-24(37-7)15-17-26/h10-17,22,27-28,33H,8-9,18-21H2,1-7H3,(H,31,34)/t27-,28+/m0/s1. The summed E-state index contributed by atoms with van der Waals surface area (Å²) in [6, 6.07) is 12.8. The zero-order valence-electron chi connectivity index (χ0n) is 24.8. The summed E-state index contributed by atoms with van der Waals surface area (Å²) in [5.74, 6) is 1.28. The van der Waals surface area contributed by atoms with Crippen molar-refractivity contribution in [3.8, 4) is 11.5 Å². The number of aliphatic hydroxyl groups excluding tert-OH is 1. The Kier molecular flexibility index (Phi) is 12.7. The Balaban J connectivity index is 2.30. The number of hydrogen-bond acceptors (Lipinski definition) is 7. The first-order valence-corrected chi connectivity index (χ1v) is 15.2. The van der Waals surface area contributed by atoms with Crippen molar-refractivity contribution in [1.82, 2.24) is 9.62 Å². The number of nitrogens with zero attached hydrogens (tertiary/aromatic N) is 1. The second-order valence-corrected chi connectivity index (χ2v) is 13.2. The quantitative estimate of drug-likeness (QED) is 0.285. The number of rotatable bonds is 15. The number of methoxy groups -OCH3 is 1. The summed E-state index contributed by atoms with van der Waals surface area (Å²) in [7, 11) is -2.43. The van der Waals surface area contributed by atoms with E-state index in [1.165, 1.54) is 23.5 Å². The van der Waals surface area contributed by atoms with Crippen molar-refractivity contribution in [3.63, 3.8) is 0 Å². The summed E-state index contributed by atoms with van der Waals surface area (Å²) in [4.78, 5) is 12.8. The number of benzene rings is 2. The maximum absolute atomic E-state index is 13.6. The number of carbonyl (C=O) groups excluding carboxylic acids is 1.